The van der Waals surface area contributed by atoms with E-state index in [2.05, 4.69) is 58.8 Å². The Morgan fingerprint density at radius 2 is 1.24 bits per heavy atom. The van der Waals surface area contributed by atoms with Crippen LogP contribution >= 0.6 is 0 Å². The summed E-state index contributed by atoms with van der Waals surface area (Å²) >= 11 is -2.19. The van der Waals surface area contributed by atoms with Crippen LogP contribution in [0.2, 0.25) is 33.0 Å². The molecule has 0 aliphatic carbocycles. The molecule has 0 aromatic rings. The van der Waals surface area contributed by atoms with E-state index in [0.29, 0.717) is 0 Å². The summed E-state index contributed by atoms with van der Waals surface area (Å²) in [5.74, 6) is 0. The molecule has 0 saturated carbocycles. The SMILES string of the molecule is C=[C](/C=C/[Si](C)(C)C)[Sn]([CH2]CCC)([CH2]CCC)[CH2]CCC. The quantitative estimate of drug-likeness (QED) is 0.231. The molecule has 0 heterocycles. The molecular weight excluding hydrogens is 375 g/mol. The van der Waals surface area contributed by atoms with Gasteiger partial charge in [0.1, 0.15) is 0 Å². The summed E-state index contributed by atoms with van der Waals surface area (Å²) in [5, 5.41) is 0. The third-order valence-electron chi connectivity index (χ3n) is 4.49. The number of allylic oxidation sites excluding steroid dienone is 2. The first kappa shape index (κ1) is 21.5. The van der Waals surface area contributed by atoms with E-state index in [0.717, 1.165) is 0 Å². The molecule has 0 radical (unpaired) electrons. The molecule has 0 spiro atoms. The fraction of sp³-hybridized carbons (Fsp3) is 0.789. The molecule has 0 aromatic carbocycles. The van der Waals surface area contributed by atoms with Crippen LogP contribution in [0.25, 0.3) is 0 Å². The van der Waals surface area contributed by atoms with E-state index in [-0.39, 0.29) is 0 Å². The molecule has 2 heteroatoms. The first-order valence-corrected chi connectivity index (χ1v) is 20.3. The van der Waals surface area contributed by atoms with Gasteiger partial charge in [0, 0.05) is 0 Å². The Balaban J connectivity index is 5.17. The summed E-state index contributed by atoms with van der Waals surface area (Å²) in [6.07, 6.45) is 10.8. The minimum absolute atomic E-state index is 1.10. The third kappa shape index (κ3) is 9.27. The van der Waals surface area contributed by atoms with E-state index in [1.54, 1.807) is 16.9 Å². The van der Waals surface area contributed by atoms with E-state index < -0.39 is 26.5 Å². The molecule has 0 aliphatic rings. The number of hydrogen-bond acceptors (Lipinski definition) is 0. The number of hydrogen-bond donors (Lipinski definition) is 0. The minimum atomic E-state index is -2.19. The third-order valence-corrected chi connectivity index (χ3v) is 21.2. The topological polar surface area (TPSA) is 0 Å². The van der Waals surface area contributed by atoms with Gasteiger partial charge < -0.3 is 0 Å². The average Bonchev–Trinajstić information content (AvgIpc) is 2.43. The van der Waals surface area contributed by atoms with Gasteiger partial charge in [0.05, 0.1) is 0 Å². The Labute approximate surface area is 140 Å². The zero-order valence-corrected chi connectivity index (χ0v) is 19.6. The van der Waals surface area contributed by atoms with Gasteiger partial charge in [0.2, 0.25) is 0 Å². The van der Waals surface area contributed by atoms with Crippen molar-refractivity contribution in [1.29, 1.82) is 0 Å². The molecule has 124 valence electrons. The summed E-state index contributed by atoms with van der Waals surface area (Å²) in [7, 11) is -1.10. The van der Waals surface area contributed by atoms with Crippen molar-refractivity contribution in [3.05, 3.63) is 21.9 Å². The van der Waals surface area contributed by atoms with Gasteiger partial charge in [-0.05, 0) is 0 Å². The van der Waals surface area contributed by atoms with Crippen molar-refractivity contribution in [2.45, 2.75) is 92.2 Å². The molecule has 0 nitrogen and oxygen atoms in total. The summed E-state index contributed by atoms with van der Waals surface area (Å²) in [6.45, 7) is 18.9. The normalized spacial score (nSPS) is 13.0. The van der Waals surface area contributed by atoms with E-state index >= 15 is 0 Å². The molecular formula is C19H40SiSn. The predicted octanol–water partition coefficient (Wildman–Crippen LogP) is 7.36. The van der Waals surface area contributed by atoms with Crippen molar-refractivity contribution < 1.29 is 0 Å². The summed E-state index contributed by atoms with van der Waals surface area (Å²) in [5.41, 5.74) is 2.53. The van der Waals surface area contributed by atoms with Crippen molar-refractivity contribution in [3.63, 3.8) is 0 Å². The maximum absolute atomic E-state index is 4.62. The van der Waals surface area contributed by atoms with Crippen LogP contribution in [0, 0.1) is 0 Å². The zero-order chi connectivity index (χ0) is 16.4. The van der Waals surface area contributed by atoms with Gasteiger partial charge in [0.25, 0.3) is 0 Å². The van der Waals surface area contributed by atoms with Crippen LogP contribution in [-0.2, 0) is 0 Å². The molecule has 0 rings (SSSR count). The molecule has 0 N–H and O–H groups in total. The second-order valence-electron chi connectivity index (χ2n) is 7.82. The fourth-order valence-corrected chi connectivity index (χ4v) is 19.1. The molecule has 0 unspecified atom stereocenters. The Morgan fingerprint density at radius 1 is 0.857 bits per heavy atom. The van der Waals surface area contributed by atoms with Crippen LogP contribution in [-0.4, -0.2) is 26.5 Å². The van der Waals surface area contributed by atoms with Crippen molar-refractivity contribution >= 4 is 26.5 Å². The van der Waals surface area contributed by atoms with Crippen LogP contribution in [0.1, 0.15) is 59.3 Å². The monoisotopic (exact) mass is 416 g/mol. The molecule has 0 bridgehead atoms. The van der Waals surface area contributed by atoms with E-state index in [9.17, 15) is 0 Å². The predicted molar refractivity (Wildman–Crippen MR) is 107 cm³/mol. The Kier molecular flexibility index (Phi) is 11.4. The molecule has 0 fully saturated rings. The molecule has 0 saturated heterocycles. The van der Waals surface area contributed by atoms with Crippen LogP contribution in [0.15, 0.2) is 21.9 Å². The van der Waals surface area contributed by atoms with Crippen LogP contribution in [0.5, 0.6) is 0 Å². The van der Waals surface area contributed by atoms with Crippen molar-refractivity contribution in [1.82, 2.24) is 0 Å². The standard InChI is InChI=1S/C7H13Si.3C4H9.Sn/c1-5-6-7-8(2,3)4;3*1-3-4-2;/h6-7H,1H2,2-4H3;3*1,3-4H2,2H3;/b7-6+;;;;. The van der Waals surface area contributed by atoms with Gasteiger partial charge in [-0.1, -0.05) is 0 Å². The number of unbranched alkanes of at least 4 members (excludes halogenated alkanes) is 3. The molecule has 0 aliphatic heterocycles. The first-order valence-electron chi connectivity index (χ1n) is 9.20. The second-order valence-corrected chi connectivity index (χ2v) is 26.3. The molecule has 21 heavy (non-hydrogen) atoms. The fourth-order valence-electron chi connectivity index (χ4n) is 2.93. The van der Waals surface area contributed by atoms with Gasteiger partial charge in [-0.25, -0.2) is 0 Å². The Hall–Kier alpha value is 0.496. The first-order chi connectivity index (χ1) is 9.81. The maximum atomic E-state index is 4.62. The second kappa shape index (κ2) is 11.1. The van der Waals surface area contributed by atoms with Crippen LogP contribution in [0.4, 0.5) is 0 Å². The van der Waals surface area contributed by atoms with Crippen molar-refractivity contribution in [2.75, 3.05) is 0 Å². The van der Waals surface area contributed by atoms with E-state index in [4.69, 9.17) is 0 Å². The van der Waals surface area contributed by atoms with Gasteiger partial charge in [-0.3, -0.25) is 0 Å². The van der Waals surface area contributed by atoms with Crippen LogP contribution in [0.3, 0.4) is 0 Å². The number of rotatable bonds is 12. The van der Waals surface area contributed by atoms with E-state index in [1.807, 2.05) is 0 Å². The molecule has 0 amide bonds. The van der Waals surface area contributed by atoms with Gasteiger partial charge >= 0.3 is 141 Å². The Bertz CT molecular complexity index is 290. The summed E-state index contributed by atoms with van der Waals surface area (Å²) in [6, 6.07) is 0. The van der Waals surface area contributed by atoms with Crippen LogP contribution < -0.4 is 0 Å². The molecule has 0 atom stereocenters. The summed E-state index contributed by atoms with van der Waals surface area (Å²) < 4.78 is 6.25. The van der Waals surface area contributed by atoms with Gasteiger partial charge in [0.15, 0.2) is 0 Å². The van der Waals surface area contributed by atoms with Crippen molar-refractivity contribution in [2.24, 2.45) is 0 Å². The molecule has 0 aromatic heterocycles. The summed E-state index contributed by atoms with van der Waals surface area (Å²) in [4.78, 5) is 0. The zero-order valence-electron chi connectivity index (χ0n) is 15.7. The average molecular weight is 415 g/mol. The van der Waals surface area contributed by atoms with Gasteiger partial charge in [-0.2, -0.15) is 0 Å². The van der Waals surface area contributed by atoms with Gasteiger partial charge in [-0.15, -0.1) is 0 Å². The van der Waals surface area contributed by atoms with Crippen molar-refractivity contribution in [3.8, 4) is 0 Å². The van der Waals surface area contributed by atoms with E-state index in [1.165, 1.54) is 38.5 Å². The Morgan fingerprint density at radius 3 is 1.52 bits per heavy atom.